The molecule has 0 aliphatic heterocycles. The highest BCUT2D eigenvalue weighted by atomic mass is 32.2. The molecular weight excluding hydrogens is 282 g/mol. The van der Waals surface area contributed by atoms with E-state index in [0.717, 1.165) is 0 Å². The minimum atomic E-state index is -3.76. The van der Waals surface area contributed by atoms with Crippen molar-refractivity contribution in [3.05, 3.63) is 22.8 Å². The number of hydrogen-bond donors (Lipinski definition) is 2. The number of carbonyl (C=O) groups is 1. The van der Waals surface area contributed by atoms with Gasteiger partial charge in [-0.15, -0.1) is 0 Å². The van der Waals surface area contributed by atoms with E-state index in [4.69, 9.17) is 15.0 Å². The van der Waals surface area contributed by atoms with Crippen molar-refractivity contribution in [2.24, 2.45) is 5.14 Å². The van der Waals surface area contributed by atoms with Crippen molar-refractivity contribution in [2.45, 2.75) is 38.5 Å². The maximum Gasteiger partial charge on any atom is 0.303 e. The lowest BCUT2D eigenvalue weighted by atomic mass is 10.1. The zero-order valence-corrected chi connectivity index (χ0v) is 12.6. The zero-order chi connectivity index (χ0) is 15.5. The second-order valence-electron chi connectivity index (χ2n) is 4.66. The number of carboxylic acid groups (broad SMARTS) is 1. The van der Waals surface area contributed by atoms with E-state index >= 15 is 0 Å². The highest BCUT2D eigenvalue weighted by Crippen LogP contribution is 2.30. The first-order valence-electron chi connectivity index (χ1n) is 6.12. The van der Waals surface area contributed by atoms with Crippen molar-refractivity contribution in [1.29, 1.82) is 0 Å². The molecule has 0 aliphatic rings. The van der Waals surface area contributed by atoms with Gasteiger partial charge in [0.1, 0.15) is 5.75 Å². The van der Waals surface area contributed by atoms with E-state index in [1.807, 2.05) is 0 Å². The second kappa shape index (κ2) is 6.23. The number of rotatable bonds is 6. The van der Waals surface area contributed by atoms with Crippen molar-refractivity contribution in [3.8, 4) is 5.75 Å². The van der Waals surface area contributed by atoms with Crippen LogP contribution in [-0.4, -0.2) is 26.1 Å². The third-order valence-corrected chi connectivity index (χ3v) is 4.10. The molecule has 20 heavy (non-hydrogen) atoms. The van der Waals surface area contributed by atoms with Gasteiger partial charge in [0, 0.05) is 6.42 Å². The number of aryl methyl sites for hydroxylation is 1. The molecule has 0 saturated heterocycles. The summed E-state index contributed by atoms with van der Waals surface area (Å²) in [4.78, 5) is 10.5. The van der Waals surface area contributed by atoms with E-state index in [-0.39, 0.29) is 17.9 Å². The summed E-state index contributed by atoms with van der Waals surface area (Å²) in [5, 5.41) is 13.7. The number of carboxylic acids is 1. The molecule has 3 N–H and O–H groups in total. The van der Waals surface area contributed by atoms with E-state index in [1.54, 1.807) is 20.8 Å². The first-order chi connectivity index (χ1) is 9.14. The summed E-state index contributed by atoms with van der Waals surface area (Å²) < 4.78 is 28.5. The standard InChI is InChI=1S/C13H19NO5S/c1-8-7-11(20(14,17)18)9(2)10(3)13(8)19-6-4-5-12(15)16/h7H,4-6H2,1-3H3,(H,15,16)(H2,14,17,18). The highest BCUT2D eigenvalue weighted by molar-refractivity contribution is 7.89. The van der Waals surface area contributed by atoms with E-state index in [0.29, 0.717) is 28.9 Å². The minimum absolute atomic E-state index is 0.0341. The van der Waals surface area contributed by atoms with Crippen LogP contribution in [0, 0.1) is 20.8 Å². The number of sulfonamides is 1. The van der Waals surface area contributed by atoms with Crippen molar-refractivity contribution in [1.82, 2.24) is 0 Å². The molecule has 0 atom stereocenters. The van der Waals surface area contributed by atoms with Gasteiger partial charge in [-0.2, -0.15) is 0 Å². The van der Waals surface area contributed by atoms with Gasteiger partial charge in [-0.05, 0) is 49.9 Å². The van der Waals surface area contributed by atoms with Crippen LogP contribution in [0.25, 0.3) is 0 Å². The number of primary sulfonamides is 1. The average molecular weight is 301 g/mol. The maximum atomic E-state index is 11.5. The molecule has 6 nitrogen and oxygen atoms in total. The van der Waals surface area contributed by atoms with Gasteiger partial charge in [-0.25, -0.2) is 13.6 Å². The van der Waals surface area contributed by atoms with Crippen molar-refractivity contribution < 1.29 is 23.1 Å². The molecule has 1 aromatic carbocycles. The second-order valence-corrected chi connectivity index (χ2v) is 6.19. The van der Waals surface area contributed by atoms with Gasteiger partial charge in [0.05, 0.1) is 11.5 Å². The molecule has 112 valence electrons. The van der Waals surface area contributed by atoms with Crippen LogP contribution < -0.4 is 9.88 Å². The van der Waals surface area contributed by atoms with Crippen LogP contribution in [0.15, 0.2) is 11.0 Å². The Balaban J connectivity index is 3.00. The lowest BCUT2D eigenvalue weighted by molar-refractivity contribution is -0.137. The molecule has 0 unspecified atom stereocenters. The predicted octanol–water partition coefficient (Wildman–Crippen LogP) is 1.50. The first kappa shape index (κ1) is 16.5. The summed E-state index contributed by atoms with van der Waals surface area (Å²) >= 11 is 0. The third kappa shape index (κ3) is 3.94. The molecule has 0 heterocycles. The summed E-state index contributed by atoms with van der Waals surface area (Å²) in [5.41, 5.74) is 1.91. The molecule has 0 fully saturated rings. The Kier molecular flexibility index (Phi) is 5.13. The number of hydrogen-bond acceptors (Lipinski definition) is 4. The van der Waals surface area contributed by atoms with Gasteiger partial charge in [-0.3, -0.25) is 4.79 Å². The number of aliphatic carboxylic acids is 1. The summed E-state index contributed by atoms with van der Waals surface area (Å²) in [5.74, 6) is -0.289. The minimum Gasteiger partial charge on any atom is -0.493 e. The summed E-state index contributed by atoms with van der Waals surface area (Å²) in [6, 6.07) is 1.48. The Hall–Kier alpha value is -1.60. The van der Waals surface area contributed by atoms with Gasteiger partial charge in [0.25, 0.3) is 0 Å². The maximum absolute atomic E-state index is 11.5. The van der Waals surface area contributed by atoms with Crippen LogP contribution in [0.4, 0.5) is 0 Å². The lowest BCUT2D eigenvalue weighted by Gasteiger charge is -2.16. The Morgan fingerprint density at radius 2 is 1.90 bits per heavy atom. The van der Waals surface area contributed by atoms with Gasteiger partial charge in [0.15, 0.2) is 0 Å². The monoisotopic (exact) mass is 301 g/mol. The van der Waals surface area contributed by atoms with Crippen molar-refractivity contribution in [3.63, 3.8) is 0 Å². The molecule has 0 aromatic heterocycles. The summed E-state index contributed by atoms with van der Waals surface area (Å²) in [6.45, 7) is 5.41. The van der Waals surface area contributed by atoms with Crippen LogP contribution in [-0.2, 0) is 14.8 Å². The third-order valence-electron chi connectivity index (χ3n) is 3.07. The molecule has 0 saturated carbocycles. The summed E-state index contributed by atoms with van der Waals surface area (Å²) in [6.07, 6.45) is 0.427. The van der Waals surface area contributed by atoms with Crippen LogP contribution in [0.5, 0.6) is 5.75 Å². The number of nitrogens with two attached hydrogens (primary N) is 1. The first-order valence-corrected chi connectivity index (χ1v) is 7.67. The van der Waals surface area contributed by atoms with Gasteiger partial charge in [0.2, 0.25) is 10.0 Å². The zero-order valence-electron chi connectivity index (χ0n) is 11.8. The number of ether oxygens (including phenoxy) is 1. The van der Waals surface area contributed by atoms with E-state index < -0.39 is 16.0 Å². The largest absolute Gasteiger partial charge is 0.493 e. The van der Waals surface area contributed by atoms with Crippen LogP contribution in [0.3, 0.4) is 0 Å². The van der Waals surface area contributed by atoms with Crippen molar-refractivity contribution >= 4 is 16.0 Å². The molecule has 0 bridgehead atoms. The normalized spacial score (nSPS) is 11.4. The Morgan fingerprint density at radius 3 is 2.40 bits per heavy atom. The number of benzene rings is 1. The molecule has 0 radical (unpaired) electrons. The van der Waals surface area contributed by atoms with Gasteiger partial charge >= 0.3 is 5.97 Å². The molecule has 1 rings (SSSR count). The molecular formula is C13H19NO5S. The fourth-order valence-corrected chi connectivity index (χ4v) is 2.86. The average Bonchev–Trinajstić information content (AvgIpc) is 2.31. The Labute approximate surface area is 118 Å². The van der Waals surface area contributed by atoms with Crippen LogP contribution in [0.1, 0.15) is 29.5 Å². The van der Waals surface area contributed by atoms with E-state index in [1.165, 1.54) is 6.07 Å². The Bertz CT molecular complexity index is 622. The van der Waals surface area contributed by atoms with Crippen LogP contribution in [0.2, 0.25) is 0 Å². The SMILES string of the molecule is Cc1cc(S(N)(=O)=O)c(C)c(C)c1OCCCC(=O)O. The van der Waals surface area contributed by atoms with Crippen molar-refractivity contribution in [2.75, 3.05) is 6.61 Å². The van der Waals surface area contributed by atoms with Gasteiger partial charge < -0.3 is 9.84 Å². The molecule has 0 spiro atoms. The highest BCUT2D eigenvalue weighted by Gasteiger charge is 2.18. The Morgan fingerprint density at radius 1 is 1.30 bits per heavy atom. The summed E-state index contributed by atoms with van der Waals surface area (Å²) in [7, 11) is -3.76. The fourth-order valence-electron chi connectivity index (χ4n) is 1.94. The molecule has 1 aromatic rings. The van der Waals surface area contributed by atoms with Crippen LogP contribution >= 0.6 is 0 Å². The quantitative estimate of drug-likeness (QED) is 0.774. The predicted molar refractivity (Wildman–Crippen MR) is 74.4 cm³/mol. The van der Waals surface area contributed by atoms with E-state index in [9.17, 15) is 13.2 Å². The topological polar surface area (TPSA) is 107 Å². The molecule has 0 aliphatic carbocycles. The lowest BCUT2D eigenvalue weighted by Crippen LogP contribution is -2.15. The fraction of sp³-hybridized carbons (Fsp3) is 0.462. The van der Waals surface area contributed by atoms with Gasteiger partial charge in [-0.1, -0.05) is 0 Å². The van der Waals surface area contributed by atoms with E-state index in [2.05, 4.69) is 0 Å². The smallest absolute Gasteiger partial charge is 0.303 e. The molecule has 7 heteroatoms. The molecule has 0 amide bonds.